The van der Waals surface area contributed by atoms with Crippen LogP contribution in [0.4, 0.5) is 0 Å². The number of nitrogens with zero attached hydrogens (tertiary/aromatic N) is 1. The van der Waals surface area contributed by atoms with Crippen LogP contribution in [-0.4, -0.2) is 17.5 Å². The van der Waals surface area contributed by atoms with Crippen molar-refractivity contribution in [3.63, 3.8) is 0 Å². The molecule has 2 nitrogen and oxygen atoms in total. The second-order valence-corrected chi connectivity index (χ2v) is 3.86. The van der Waals surface area contributed by atoms with Gasteiger partial charge in [-0.2, -0.15) is 0 Å². The summed E-state index contributed by atoms with van der Waals surface area (Å²) in [7, 11) is 0. The van der Waals surface area contributed by atoms with Crippen LogP contribution in [0, 0.1) is 0 Å². The van der Waals surface area contributed by atoms with E-state index in [-0.39, 0.29) is 0 Å². The fraction of sp³-hybridized carbons (Fsp3) is 0.133. The van der Waals surface area contributed by atoms with Crippen LogP contribution >= 0.6 is 0 Å². The molecular formula is C15H15NO. The third-order valence-electron chi connectivity index (χ3n) is 2.46. The quantitative estimate of drug-likeness (QED) is 0.797. The summed E-state index contributed by atoms with van der Waals surface area (Å²) in [4.78, 5) is 4.12. The number of hydrogen-bond donors (Lipinski definition) is 1. The summed E-state index contributed by atoms with van der Waals surface area (Å²) in [6.45, 7) is 0. The summed E-state index contributed by atoms with van der Waals surface area (Å²) in [5.41, 5.74) is 2.09. The highest BCUT2D eigenvalue weighted by molar-refractivity contribution is 5.79. The SMILES string of the molecule is O[C@H](Cc1ccccc1)/N=C/c1ccccc1. The van der Waals surface area contributed by atoms with Crippen molar-refractivity contribution in [2.45, 2.75) is 12.6 Å². The van der Waals surface area contributed by atoms with Crippen molar-refractivity contribution in [1.82, 2.24) is 0 Å². The van der Waals surface area contributed by atoms with Crippen LogP contribution in [0.5, 0.6) is 0 Å². The normalized spacial score (nSPS) is 12.8. The minimum atomic E-state index is -0.683. The molecule has 2 rings (SSSR count). The monoisotopic (exact) mass is 225 g/mol. The van der Waals surface area contributed by atoms with Gasteiger partial charge in [0.2, 0.25) is 0 Å². The van der Waals surface area contributed by atoms with Gasteiger partial charge in [0.15, 0.2) is 0 Å². The molecule has 1 atom stereocenters. The molecule has 0 heterocycles. The van der Waals surface area contributed by atoms with E-state index in [0.29, 0.717) is 6.42 Å². The first-order valence-electron chi connectivity index (χ1n) is 5.65. The van der Waals surface area contributed by atoms with Crippen LogP contribution in [0.15, 0.2) is 65.7 Å². The summed E-state index contributed by atoms with van der Waals surface area (Å²) in [6, 6.07) is 19.6. The van der Waals surface area contributed by atoms with Gasteiger partial charge in [-0.15, -0.1) is 0 Å². The molecule has 17 heavy (non-hydrogen) atoms. The van der Waals surface area contributed by atoms with Crippen molar-refractivity contribution in [1.29, 1.82) is 0 Å². The highest BCUT2D eigenvalue weighted by Gasteiger charge is 2.01. The Hall–Kier alpha value is -1.93. The first kappa shape index (κ1) is 11.6. The Morgan fingerprint density at radius 2 is 1.53 bits per heavy atom. The van der Waals surface area contributed by atoms with Crippen LogP contribution in [0.3, 0.4) is 0 Å². The van der Waals surface area contributed by atoms with Gasteiger partial charge in [-0.3, -0.25) is 4.99 Å². The maximum absolute atomic E-state index is 9.77. The summed E-state index contributed by atoms with van der Waals surface area (Å²) in [5.74, 6) is 0. The zero-order valence-electron chi connectivity index (χ0n) is 9.53. The summed E-state index contributed by atoms with van der Waals surface area (Å²) < 4.78 is 0. The van der Waals surface area contributed by atoms with Crippen molar-refractivity contribution in [2.75, 3.05) is 0 Å². The Morgan fingerprint density at radius 3 is 2.18 bits per heavy atom. The molecule has 2 aromatic rings. The number of rotatable bonds is 4. The largest absolute Gasteiger partial charge is 0.371 e. The Bertz CT molecular complexity index is 465. The lowest BCUT2D eigenvalue weighted by molar-refractivity contribution is 0.186. The van der Waals surface area contributed by atoms with E-state index in [9.17, 15) is 5.11 Å². The van der Waals surface area contributed by atoms with Gasteiger partial charge in [0.25, 0.3) is 0 Å². The first-order valence-corrected chi connectivity index (χ1v) is 5.65. The maximum atomic E-state index is 9.77. The molecule has 0 unspecified atom stereocenters. The molecule has 0 bridgehead atoms. The van der Waals surface area contributed by atoms with E-state index in [1.54, 1.807) is 6.21 Å². The van der Waals surface area contributed by atoms with E-state index < -0.39 is 6.23 Å². The molecule has 0 amide bonds. The zero-order valence-corrected chi connectivity index (χ0v) is 9.53. The molecule has 0 saturated heterocycles. The van der Waals surface area contributed by atoms with Gasteiger partial charge in [-0.25, -0.2) is 0 Å². The summed E-state index contributed by atoms with van der Waals surface area (Å²) >= 11 is 0. The first-order chi connectivity index (χ1) is 8.34. The fourth-order valence-electron chi connectivity index (χ4n) is 1.59. The van der Waals surface area contributed by atoms with Crippen molar-refractivity contribution in [3.05, 3.63) is 71.8 Å². The minimum absolute atomic E-state index is 0.546. The van der Waals surface area contributed by atoms with Crippen LogP contribution in [0.25, 0.3) is 0 Å². The average Bonchev–Trinajstić information content (AvgIpc) is 2.39. The third kappa shape index (κ3) is 3.85. The van der Waals surface area contributed by atoms with Crippen molar-refractivity contribution >= 4 is 6.21 Å². The molecule has 0 aliphatic rings. The molecule has 86 valence electrons. The molecular weight excluding hydrogens is 210 g/mol. The summed E-state index contributed by atoms with van der Waals surface area (Å²) in [6.07, 6.45) is 1.57. The van der Waals surface area contributed by atoms with Gasteiger partial charge in [-0.05, 0) is 11.1 Å². The highest BCUT2D eigenvalue weighted by atomic mass is 16.3. The van der Waals surface area contributed by atoms with E-state index in [4.69, 9.17) is 0 Å². The predicted octanol–water partition coefficient (Wildman–Crippen LogP) is 2.67. The van der Waals surface area contributed by atoms with Gasteiger partial charge in [0.1, 0.15) is 6.23 Å². The topological polar surface area (TPSA) is 32.6 Å². The lowest BCUT2D eigenvalue weighted by Gasteiger charge is -2.04. The van der Waals surface area contributed by atoms with Crippen LogP contribution < -0.4 is 0 Å². The lowest BCUT2D eigenvalue weighted by atomic mass is 10.1. The van der Waals surface area contributed by atoms with Crippen molar-refractivity contribution in [3.8, 4) is 0 Å². The number of aliphatic hydroxyl groups excluding tert-OH is 1. The van der Waals surface area contributed by atoms with Gasteiger partial charge < -0.3 is 5.11 Å². The number of hydrogen-bond acceptors (Lipinski definition) is 2. The number of aliphatic imine (C=N–C) groups is 1. The fourth-order valence-corrected chi connectivity index (χ4v) is 1.59. The number of benzene rings is 2. The maximum Gasteiger partial charge on any atom is 0.149 e. The Kier molecular flexibility index (Phi) is 4.05. The van der Waals surface area contributed by atoms with E-state index in [0.717, 1.165) is 11.1 Å². The van der Waals surface area contributed by atoms with Crippen molar-refractivity contribution < 1.29 is 5.11 Å². The smallest absolute Gasteiger partial charge is 0.149 e. The molecule has 0 saturated carbocycles. The van der Waals surface area contributed by atoms with Gasteiger partial charge in [-0.1, -0.05) is 60.7 Å². The molecule has 0 fully saturated rings. The number of aliphatic hydroxyl groups is 1. The molecule has 0 aromatic heterocycles. The van der Waals surface area contributed by atoms with Crippen molar-refractivity contribution in [2.24, 2.45) is 4.99 Å². The van der Waals surface area contributed by atoms with Crippen LogP contribution in [0.2, 0.25) is 0 Å². The molecule has 1 N–H and O–H groups in total. The third-order valence-corrected chi connectivity index (χ3v) is 2.46. The molecule has 0 radical (unpaired) electrons. The van der Waals surface area contributed by atoms with Gasteiger partial charge in [0.05, 0.1) is 0 Å². The minimum Gasteiger partial charge on any atom is -0.371 e. The second kappa shape index (κ2) is 5.97. The average molecular weight is 225 g/mol. The molecule has 2 heteroatoms. The Morgan fingerprint density at radius 1 is 0.941 bits per heavy atom. The predicted molar refractivity (Wildman–Crippen MR) is 70.2 cm³/mol. The van der Waals surface area contributed by atoms with E-state index >= 15 is 0 Å². The molecule has 2 aromatic carbocycles. The zero-order chi connectivity index (χ0) is 11.9. The van der Waals surface area contributed by atoms with Crippen LogP contribution in [0.1, 0.15) is 11.1 Å². The highest BCUT2D eigenvalue weighted by Crippen LogP contribution is 2.04. The molecule has 0 spiro atoms. The molecule has 0 aliphatic carbocycles. The van der Waals surface area contributed by atoms with Gasteiger partial charge >= 0.3 is 0 Å². The Labute approximate surface area is 101 Å². The molecule has 0 aliphatic heterocycles. The standard InChI is InChI=1S/C15H15NO/c17-15(11-13-7-3-1-4-8-13)16-12-14-9-5-2-6-10-14/h1-10,12,15,17H,11H2/b16-12+/t15-/m1/s1. The Balaban J connectivity index is 1.94. The summed E-state index contributed by atoms with van der Waals surface area (Å²) in [5, 5.41) is 9.77. The van der Waals surface area contributed by atoms with E-state index in [2.05, 4.69) is 4.99 Å². The van der Waals surface area contributed by atoms with Gasteiger partial charge in [0, 0.05) is 12.6 Å². The second-order valence-electron chi connectivity index (χ2n) is 3.86. The lowest BCUT2D eigenvalue weighted by Crippen LogP contribution is -2.07. The van der Waals surface area contributed by atoms with E-state index in [1.165, 1.54) is 0 Å². The van der Waals surface area contributed by atoms with Crippen LogP contribution in [-0.2, 0) is 6.42 Å². The van der Waals surface area contributed by atoms with E-state index in [1.807, 2.05) is 60.7 Å².